The highest BCUT2D eigenvalue weighted by atomic mass is 15.2. The Morgan fingerprint density at radius 1 is 1.20 bits per heavy atom. The molecule has 0 bridgehead atoms. The predicted molar refractivity (Wildman–Crippen MR) is 82.1 cm³/mol. The number of aromatic nitrogens is 3. The second kappa shape index (κ2) is 4.63. The smallest absolute Gasteiger partial charge is 0.207 e. The number of hydrogen-bond acceptors (Lipinski definition) is 3. The maximum absolute atomic E-state index is 6.09. The molecule has 0 radical (unpaired) electrons. The van der Waals surface area contributed by atoms with E-state index in [1.54, 1.807) is 6.20 Å². The fourth-order valence-corrected chi connectivity index (χ4v) is 2.39. The van der Waals surface area contributed by atoms with Crippen LogP contribution in [0.5, 0.6) is 0 Å². The van der Waals surface area contributed by atoms with Crippen LogP contribution in [0.2, 0.25) is 0 Å². The lowest BCUT2D eigenvalue weighted by atomic mass is 10.0. The van der Waals surface area contributed by atoms with E-state index in [2.05, 4.69) is 35.9 Å². The van der Waals surface area contributed by atoms with Crippen molar-refractivity contribution in [1.82, 2.24) is 14.5 Å². The van der Waals surface area contributed by atoms with Crippen molar-refractivity contribution >= 4 is 17.1 Å². The van der Waals surface area contributed by atoms with Crippen LogP contribution in [0.1, 0.15) is 30.9 Å². The number of imidazole rings is 1. The molecule has 0 aliphatic carbocycles. The van der Waals surface area contributed by atoms with E-state index in [4.69, 9.17) is 5.73 Å². The molecular weight excluding hydrogens is 248 g/mol. The largest absolute Gasteiger partial charge is 0.369 e. The van der Waals surface area contributed by atoms with Crippen LogP contribution in [0.4, 0.5) is 5.95 Å². The fourth-order valence-electron chi connectivity index (χ4n) is 2.39. The second-order valence-electron chi connectivity index (χ2n) is 5.36. The van der Waals surface area contributed by atoms with Gasteiger partial charge in [0.1, 0.15) is 5.52 Å². The molecule has 0 aliphatic rings. The maximum atomic E-state index is 6.09. The van der Waals surface area contributed by atoms with Crippen LogP contribution in [0, 0.1) is 6.92 Å². The Morgan fingerprint density at radius 3 is 2.75 bits per heavy atom. The van der Waals surface area contributed by atoms with Crippen molar-refractivity contribution in [3.8, 4) is 5.69 Å². The van der Waals surface area contributed by atoms with Gasteiger partial charge in [-0.05, 0) is 42.2 Å². The number of anilines is 1. The van der Waals surface area contributed by atoms with Gasteiger partial charge in [-0.2, -0.15) is 0 Å². The molecule has 0 saturated heterocycles. The number of nitrogens with two attached hydrogens (primary N) is 1. The van der Waals surface area contributed by atoms with Gasteiger partial charge in [-0.3, -0.25) is 4.57 Å². The Balaban J connectivity index is 2.27. The van der Waals surface area contributed by atoms with Gasteiger partial charge in [-0.15, -0.1) is 0 Å². The SMILES string of the molecule is Cc1ccnc2c1nc(N)n2-c1cccc(C(C)C)c1. The Kier molecular flexibility index (Phi) is 2.93. The first-order chi connectivity index (χ1) is 9.58. The van der Waals surface area contributed by atoms with Gasteiger partial charge in [-0.1, -0.05) is 26.0 Å². The molecule has 2 aromatic heterocycles. The van der Waals surface area contributed by atoms with Crippen molar-refractivity contribution in [1.29, 1.82) is 0 Å². The number of rotatable bonds is 2. The third-order valence-corrected chi connectivity index (χ3v) is 3.57. The molecule has 2 N–H and O–H groups in total. The highest BCUT2D eigenvalue weighted by molar-refractivity contribution is 5.79. The number of fused-ring (bicyclic) bond motifs is 1. The van der Waals surface area contributed by atoms with E-state index in [0.717, 1.165) is 22.4 Å². The van der Waals surface area contributed by atoms with Crippen LogP contribution >= 0.6 is 0 Å². The molecule has 0 saturated carbocycles. The minimum Gasteiger partial charge on any atom is -0.369 e. The lowest BCUT2D eigenvalue weighted by Crippen LogP contribution is -2.02. The highest BCUT2D eigenvalue weighted by Crippen LogP contribution is 2.25. The van der Waals surface area contributed by atoms with E-state index in [0.29, 0.717) is 11.9 Å². The molecule has 0 atom stereocenters. The van der Waals surface area contributed by atoms with E-state index in [1.807, 2.05) is 29.7 Å². The van der Waals surface area contributed by atoms with E-state index < -0.39 is 0 Å². The molecule has 102 valence electrons. The van der Waals surface area contributed by atoms with E-state index in [9.17, 15) is 0 Å². The zero-order chi connectivity index (χ0) is 14.3. The standard InChI is InChI=1S/C16H18N4/c1-10(2)12-5-4-6-13(9-12)20-15-14(19-16(20)17)11(3)7-8-18-15/h4-10H,1-3H3,(H2,17,19). The molecule has 0 spiro atoms. The van der Waals surface area contributed by atoms with Gasteiger partial charge in [0.2, 0.25) is 5.95 Å². The molecule has 0 aliphatic heterocycles. The quantitative estimate of drug-likeness (QED) is 0.773. The maximum Gasteiger partial charge on any atom is 0.207 e. The van der Waals surface area contributed by atoms with Crippen LogP contribution in [-0.4, -0.2) is 14.5 Å². The number of benzene rings is 1. The third kappa shape index (κ3) is 1.93. The van der Waals surface area contributed by atoms with E-state index >= 15 is 0 Å². The third-order valence-electron chi connectivity index (χ3n) is 3.57. The van der Waals surface area contributed by atoms with Crippen molar-refractivity contribution in [2.45, 2.75) is 26.7 Å². The average molecular weight is 266 g/mol. The monoisotopic (exact) mass is 266 g/mol. The summed E-state index contributed by atoms with van der Waals surface area (Å²) >= 11 is 0. The van der Waals surface area contributed by atoms with Crippen molar-refractivity contribution < 1.29 is 0 Å². The zero-order valence-corrected chi connectivity index (χ0v) is 12.0. The Labute approximate surface area is 118 Å². The van der Waals surface area contributed by atoms with Crippen LogP contribution in [-0.2, 0) is 0 Å². The van der Waals surface area contributed by atoms with Crippen molar-refractivity contribution in [3.63, 3.8) is 0 Å². The molecular formula is C16H18N4. The summed E-state index contributed by atoms with van der Waals surface area (Å²) in [7, 11) is 0. The van der Waals surface area contributed by atoms with Crippen molar-refractivity contribution in [3.05, 3.63) is 47.7 Å². The number of pyridine rings is 1. The van der Waals surface area contributed by atoms with Crippen LogP contribution in [0.25, 0.3) is 16.9 Å². The molecule has 1 aromatic carbocycles. The first kappa shape index (κ1) is 12.7. The van der Waals surface area contributed by atoms with Gasteiger partial charge < -0.3 is 5.73 Å². The molecule has 0 unspecified atom stereocenters. The second-order valence-corrected chi connectivity index (χ2v) is 5.36. The van der Waals surface area contributed by atoms with Gasteiger partial charge in [0.15, 0.2) is 5.65 Å². The predicted octanol–water partition coefficient (Wildman–Crippen LogP) is 3.43. The first-order valence-electron chi connectivity index (χ1n) is 6.78. The number of nitrogens with zero attached hydrogens (tertiary/aromatic N) is 3. The molecule has 4 heteroatoms. The van der Waals surface area contributed by atoms with Crippen molar-refractivity contribution in [2.75, 3.05) is 5.73 Å². The van der Waals surface area contributed by atoms with Gasteiger partial charge in [0.05, 0.1) is 5.69 Å². The molecule has 3 aromatic rings. The minimum atomic E-state index is 0.473. The molecule has 4 nitrogen and oxygen atoms in total. The Morgan fingerprint density at radius 2 is 2.00 bits per heavy atom. The van der Waals surface area contributed by atoms with Crippen LogP contribution in [0.3, 0.4) is 0 Å². The van der Waals surface area contributed by atoms with Crippen LogP contribution < -0.4 is 5.73 Å². The molecule has 0 fully saturated rings. The summed E-state index contributed by atoms with van der Waals surface area (Å²) in [5, 5.41) is 0. The lowest BCUT2D eigenvalue weighted by molar-refractivity contribution is 0.863. The number of aryl methyl sites for hydroxylation is 1. The molecule has 0 amide bonds. The summed E-state index contributed by atoms with van der Waals surface area (Å²) in [5.74, 6) is 0.948. The topological polar surface area (TPSA) is 56.7 Å². The van der Waals surface area contributed by atoms with Gasteiger partial charge in [0, 0.05) is 6.20 Å². The minimum absolute atomic E-state index is 0.473. The first-order valence-corrected chi connectivity index (χ1v) is 6.78. The Bertz CT molecular complexity index is 771. The lowest BCUT2D eigenvalue weighted by Gasteiger charge is -2.10. The molecule has 3 rings (SSSR count). The zero-order valence-electron chi connectivity index (χ0n) is 12.0. The fraction of sp³-hybridized carbons (Fsp3) is 0.250. The number of nitrogen functional groups attached to an aromatic ring is 1. The van der Waals surface area contributed by atoms with Gasteiger partial charge in [0.25, 0.3) is 0 Å². The summed E-state index contributed by atoms with van der Waals surface area (Å²) in [4.78, 5) is 8.88. The highest BCUT2D eigenvalue weighted by Gasteiger charge is 2.13. The summed E-state index contributed by atoms with van der Waals surface area (Å²) in [6.45, 7) is 6.37. The van der Waals surface area contributed by atoms with E-state index in [-0.39, 0.29) is 0 Å². The average Bonchev–Trinajstić information content (AvgIpc) is 2.77. The van der Waals surface area contributed by atoms with Gasteiger partial charge in [-0.25, -0.2) is 9.97 Å². The molecule has 2 heterocycles. The van der Waals surface area contributed by atoms with E-state index in [1.165, 1.54) is 5.56 Å². The summed E-state index contributed by atoms with van der Waals surface area (Å²) in [6.07, 6.45) is 1.79. The summed E-state index contributed by atoms with van der Waals surface area (Å²) in [5.41, 5.74) is 11.1. The van der Waals surface area contributed by atoms with Gasteiger partial charge >= 0.3 is 0 Å². The normalized spacial score (nSPS) is 11.4. The van der Waals surface area contributed by atoms with Crippen LogP contribution in [0.15, 0.2) is 36.5 Å². The van der Waals surface area contributed by atoms with Crippen molar-refractivity contribution in [2.24, 2.45) is 0 Å². The Hall–Kier alpha value is -2.36. The summed E-state index contributed by atoms with van der Waals surface area (Å²) < 4.78 is 1.91. The number of hydrogen-bond donors (Lipinski definition) is 1. The summed E-state index contributed by atoms with van der Waals surface area (Å²) in [6, 6.07) is 10.3. The molecule has 20 heavy (non-hydrogen) atoms.